The summed E-state index contributed by atoms with van der Waals surface area (Å²) in [5.41, 5.74) is 21.2. The molecule has 0 bridgehead atoms. The number of benzene rings is 17. The molecular formula is C92H64N2. The van der Waals surface area contributed by atoms with Gasteiger partial charge in [-0.15, -0.1) is 0 Å². The van der Waals surface area contributed by atoms with Crippen molar-refractivity contribution in [3.63, 3.8) is 0 Å². The Labute approximate surface area is 549 Å². The molecule has 0 spiro atoms. The first-order valence-corrected chi connectivity index (χ1v) is 32.3. The maximum atomic E-state index is 2.36. The Hall–Kier alpha value is -12.4. The minimum atomic E-state index is 1.11. The average Bonchev–Trinajstić information content (AvgIpc) is 0.775. The number of anilines is 6. The summed E-state index contributed by atoms with van der Waals surface area (Å²) in [5, 5.41) is 12.9. The van der Waals surface area contributed by atoms with Crippen molar-refractivity contribution in [1.29, 1.82) is 0 Å². The van der Waals surface area contributed by atoms with Gasteiger partial charge in [0.25, 0.3) is 0 Å². The quantitative estimate of drug-likeness (QED) is 0.113. The molecule has 0 saturated carbocycles. The monoisotopic (exact) mass is 1200 g/mol. The molecule has 94 heavy (non-hydrogen) atoms. The van der Waals surface area contributed by atoms with Crippen LogP contribution < -0.4 is 9.80 Å². The van der Waals surface area contributed by atoms with E-state index in [4.69, 9.17) is 0 Å². The summed E-state index contributed by atoms with van der Waals surface area (Å²) in [6.07, 6.45) is 0. The van der Waals surface area contributed by atoms with Gasteiger partial charge in [-0.25, -0.2) is 0 Å². The van der Waals surface area contributed by atoms with Crippen LogP contribution in [0.1, 0.15) is 0 Å². The molecule has 0 saturated heterocycles. The zero-order chi connectivity index (χ0) is 62.6. The molecule has 442 valence electrons. The fourth-order valence-electron chi connectivity index (χ4n) is 13.5. The van der Waals surface area contributed by atoms with Crippen LogP contribution in [0.3, 0.4) is 0 Å². The molecule has 0 N–H and O–H groups in total. The van der Waals surface area contributed by atoms with Gasteiger partial charge in [0, 0.05) is 34.1 Å². The van der Waals surface area contributed by atoms with E-state index in [1.54, 1.807) is 0 Å². The molecular weight excluding hydrogens is 1130 g/mol. The second-order valence-electron chi connectivity index (χ2n) is 24.0. The van der Waals surface area contributed by atoms with Crippen molar-refractivity contribution >= 4 is 88.0 Å². The topological polar surface area (TPSA) is 6.48 Å². The van der Waals surface area contributed by atoms with E-state index in [-0.39, 0.29) is 0 Å². The first kappa shape index (κ1) is 56.8. The Kier molecular flexibility index (Phi) is 15.4. The Balaban J connectivity index is 0.000000149. The maximum absolute atomic E-state index is 2.36. The number of nitrogens with zero attached hydrogens (tertiary/aromatic N) is 2. The lowest BCUT2D eigenvalue weighted by molar-refractivity contribution is 1.28. The van der Waals surface area contributed by atoms with E-state index in [0.717, 1.165) is 34.1 Å². The van der Waals surface area contributed by atoms with E-state index in [2.05, 4.69) is 398 Å². The summed E-state index contributed by atoms with van der Waals surface area (Å²) in [4.78, 5) is 4.68. The highest BCUT2D eigenvalue weighted by atomic mass is 15.1. The van der Waals surface area contributed by atoms with Crippen LogP contribution in [0, 0.1) is 0 Å². The third kappa shape index (κ3) is 11.4. The zero-order valence-electron chi connectivity index (χ0n) is 51.8. The summed E-state index contributed by atoms with van der Waals surface area (Å²) >= 11 is 0. The number of fused-ring (bicyclic) bond motifs is 9. The molecule has 0 atom stereocenters. The lowest BCUT2D eigenvalue weighted by Gasteiger charge is -2.26. The molecule has 2 heteroatoms. The number of hydrogen-bond acceptors (Lipinski definition) is 2. The standard InChI is InChI=1S/C48H33N.C44H31N/c1-3-11-34(12-4-1)36-19-26-40(27-20-36)49(41-28-21-37(22-29-41)35-13-5-2-6-14-35)42-30-23-38(24-31-42)39-25-32-47-45-17-8-7-15-43(45)44-16-9-10-18-46(44)48(47)33-39;1-3-9-32(10-4-1)34-19-25-40(26-20-34)45(41-27-21-35(22-28-41)33-11-5-2-6-12-33)42-29-23-36(24-30-42)39-18-17-38-16-15-37-13-7-8-14-43(37)44(38)31-39/h1-33H;1-31H. The van der Waals surface area contributed by atoms with Crippen molar-refractivity contribution in [2.75, 3.05) is 9.80 Å². The number of rotatable bonds is 12. The number of hydrogen-bond donors (Lipinski definition) is 0. The molecule has 0 aliphatic heterocycles. The minimum absolute atomic E-state index is 1.11. The maximum Gasteiger partial charge on any atom is 0.0462 e. The first-order valence-electron chi connectivity index (χ1n) is 32.3. The van der Waals surface area contributed by atoms with E-state index < -0.39 is 0 Å². The van der Waals surface area contributed by atoms with Crippen LogP contribution in [0.25, 0.3) is 121 Å². The zero-order valence-corrected chi connectivity index (χ0v) is 51.8. The molecule has 0 amide bonds. The fourth-order valence-corrected chi connectivity index (χ4v) is 13.5. The Morgan fingerprint density at radius 2 is 0.319 bits per heavy atom. The van der Waals surface area contributed by atoms with Gasteiger partial charge in [-0.1, -0.05) is 303 Å². The van der Waals surface area contributed by atoms with Crippen LogP contribution in [-0.4, -0.2) is 0 Å². The van der Waals surface area contributed by atoms with Gasteiger partial charge >= 0.3 is 0 Å². The van der Waals surface area contributed by atoms with Gasteiger partial charge < -0.3 is 9.80 Å². The van der Waals surface area contributed by atoms with Crippen LogP contribution in [0.5, 0.6) is 0 Å². The summed E-state index contributed by atoms with van der Waals surface area (Å²) in [6.45, 7) is 0. The second-order valence-corrected chi connectivity index (χ2v) is 24.0. The molecule has 0 heterocycles. The fraction of sp³-hybridized carbons (Fsp3) is 0. The third-order valence-electron chi connectivity index (χ3n) is 18.3. The van der Waals surface area contributed by atoms with E-state index in [1.807, 2.05) is 0 Å². The van der Waals surface area contributed by atoms with Gasteiger partial charge in [0.05, 0.1) is 0 Å². The molecule has 2 nitrogen and oxygen atoms in total. The van der Waals surface area contributed by atoms with Gasteiger partial charge in [0.1, 0.15) is 0 Å². The molecule has 0 aromatic heterocycles. The second kappa shape index (κ2) is 25.5. The molecule has 17 aromatic carbocycles. The van der Waals surface area contributed by atoms with Gasteiger partial charge in [-0.3, -0.25) is 0 Å². The van der Waals surface area contributed by atoms with E-state index in [0.29, 0.717) is 0 Å². The minimum Gasteiger partial charge on any atom is -0.311 e. The third-order valence-corrected chi connectivity index (χ3v) is 18.3. The highest BCUT2D eigenvalue weighted by Gasteiger charge is 2.18. The van der Waals surface area contributed by atoms with Crippen molar-refractivity contribution in [1.82, 2.24) is 0 Å². The molecule has 0 aliphatic rings. The Morgan fingerprint density at radius 1 is 0.117 bits per heavy atom. The molecule has 0 aliphatic carbocycles. The van der Waals surface area contributed by atoms with Crippen LogP contribution in [-0.2, 0) is 0 Å². The summed E-state index contributed by atoms with van der Waals surface area (Å²) in [5.74, 6) is 0. The van der Waals surface area contributed by atoms with Crippen molar-refractivity contribution < 1.29 is 0 Å². The molecule has 0 radical (unpaired) electrons. The van der Waals surface area contributed by atoms with Crippen molar-refractivity contribution in [3.8, 4) is 66.8 Å². The molecule has 17 aromatic rings. The van der Waals surface area contributed by atoms with Crippen molar-refractivity contribution in [2.24, 2.45) is 0 Å². The smallest absolute Gasteiger partial charge is 0.0462 e. The molecule has 0 fully saturated rings. The van der Waals surface area contributed by atoms with E-state index >= 15 is 0 Å². The lowest BCUT2D eigenvalue weighted by Crippen LogP contribution is -2.09. The SMILES string of the molecule is c1ccc(-c2ccc(N(c3ccc(-c4ccccc4)cc3)c3ccc(-c4ccc5c6ccccc6c6ccccc6c5c4)cc3)cc2)cc1.c1ccc(-c2ccc(N(c3ccc(-c4ccccc4)cc3)c3ccc(-c4ccc5ccc6ccccc6c5c4)cc3)cc2)cc1. The first-order chi connectivity index (χ1) is 46.6. The Bertz CT molecular complexity index is 5260. The van der Waals surface area contributed by atoms with E-state index in [9.17, 15) is 0 Å². The highest BCUT2D eigenvalue weighted by Crippen LogP contribution is 2.42. The summed E-state index contributed by atoms with van der Waals surface area (Å²) < 4.78 is 0. The predicted molar refractivity (Wildman–Crippen MR) is 402 cm³/mol. The lowest BCUT2D eigenvalue weighted by atomic mass is 9.92. The summed E-state index contributed by atoms with van der Waals surface area (Å²) in [7, 11) is 0. The predicted octanol–water partition coefficient (Wildman–Crippen LogP) is 26.1. The van der Waals surface area contributed by atoms with Crippen LogP contribution >= 0.6 is 0 Å². The summed E-state index contributed by atoms with van der Waals surface area (Å²) in [6, 6.07) is 140. The van der Waals surface area contributed by atoms with Crippen LogP contribution in [0.2, 0.25) is 0 Å². The van der Waals surface area contributed by atoms with Gasteiger partial charge in [-0.2, -0.15) is 0 Å². The van der Waals surface area contributed by atoms with Gasteiger partial charge in [0.2, 0.25) is 0 Å². The molecule has 17 rings (SSSR count). The van der Waals surface area contributed by atoms with Crippen molar-refractivity contribution in [3.05, 3.63) is 388 Å². The molecule has 0 unspecified atom stereocenters. The highest BCUT2D eigenvalue weighted by molar-refractivity contribution is 6.25. The van der Waals surface area contributed by atoms with Gasteiger partial charge in [-0.05, 0) is 206 Å². The normalized spacial score (nSPS) is 11.2. The van der Waals surface area contributed by atoms with Gasteiger partial charge in [0.15, 0.2) is 0 Å². The Morgan fingerprint density at radius 3 is 0.649 bits per heavy atom. The van der Waals surface area contributed by atoms with Crippen molar-refractivity contribution in [2.45, 2.75) is 0 Å². The van der Waals surface area contributed by atoms with E-state index in [1.165, 1.54) is 121 Å². The van der Waals surface area contributed by atoms with Crippen LogP contribution in [0.4, 0.5) is 34.1 Å². The largest absolute Gasteiger partial charge is 0.311 e. The average molecular weight is 1200 g/mol. The van der Waals surface area contributed by atoms with Crippen LogP contribution in [0.15, 0.2) is 388 Å².